The molecule has 1 fully saturated rings. The highest BCUT2D eigenvalue weighted by Crippen LogP contribution is 2.45. The Kier molecular flexibility index (Phi) is 2.90. The summed E-state index contributed by atoms with van der Waals surface area (Å²) in [5, 5.41) is 3.38. The van der Waals surface area contributed by atoms with E-state index in [0.29, 0.717) is 11.1 Å². The summed E-state index contributed by atoms with van der Waals surface area (Å²) in [6.45, 7) is 1.80. The molecule has 0 radical (unpaired) electrons. The zero-order valence-electron chi connectivity index (χ0n) is 11.3. The molecule has 98 valence electrons. The van der Waals surface area contributed by atoms with Gasteiger partial charge in [0.1, 0.15) is 5.82 Å². The summed E-state index contributed by atoms with van der Waals surface area (Å²) in [4.78, 5) is 0. The highest BCUT2D eigenvalue weighted by molar-refractivity contribution is 5.66. The minimum atomic E-state index is -0.117. The summed E-state index contributed by atoms with van der Waals surface area (Å²) in [6.07, 6.45) is 2.31. The van der Waals surface area contributed by atoms with Crippen LogP contribution in [0.1, 0.15) is 24.0 Å². The lowest BCUT2D eigenvalue weighted by Gasteiger charge is -2.16. The van der Waals surface area contributed by atoms with Crippen LogP contribution in [0.4, 0.5) is 4.39 Å². The maximum atomic E-state index is 14.2. The number of aryl methyl sites for hydroxylation is 1. The molecule has 0 unspecified atom stereocenters. The zero-order chi connectivity index (χ0) is 13.5. The molecule has 0 atom stereocenters. The standard InChI is InChI=1S/C17H18FN/c1-12-5-3-8-15(16(12)18)13-6-4-7-14(11-13)17(19-2)9-10-17/h3-8,11,19H,9-10H2,1-2H3. The van der Waals surface area contributed by atoms with Crippen LogP contribution in [0.2, 0.25) is 0 Å². The van der Waals surface area contributed by atoms with Crippen LogP contribution in [0.15, 0.2) is 42.5 Å². The van der Waals surface area contributed by atoms with Gasteiger partial charge in [-0.15, -0.1) is 0 Å². The molecule has 0 bridgehead atoms. The predicted octanol–water partition coefficient (Wildman–Crippen LogP) is 4.01. The third-order valence-electron chi connectivity index (χ3n) is 4.15. The van der Waals surface area contributed by atoms with Crippen molar-refractivity contribution in [2.24, 2.45) is 0 Å². The predicted molar refractivity (Wildman–Crippen MR) is 76.5 cm³/mol. The molecular formula is C17H18FN. The number of hydrogen-bond donors (Lipinski definition) is 1. The summed E-state index contributed by atoms with van der Waals surface area (Å²) in [5.74, 6) is -0.117. The van der Waals surface area contributed by atoms with Crippen LogP contribution < -0.4 is 5.32 Å². The van der Waals surface area contributed by atoms with Gasteiger partial charge in [0, 0.05) is 11.1 Å². The second-order valence-electron chi connectivity index (χ2n) is 5.35. The molecule has 0 amide bonds. The first-order valence-corrected chi connectivity index (χ1v) is 6.71. The first-order valence-electron chi connectivity index (χ1n) is 6.71. The summed E-state index contributed by atoms with van der Waals surface area (Å²) < 4.78 is 14.2. The van der Waals surface area contributed by atoms with Gasteiger partial charge in [0.05, 0.1) is 0 Å². The molecule has 0 aromatic heterocycles. The van der Waals surface area contributed by atoms with Gasteiger partial charge in [0.2, 0.25) is 0 Å². The van der Waals surface area contributed by atoms with Crippen molar-refractivity contribution in [1.82, 2.24) is 5.32 Å². The Morgan fingerprint density at radius 1 is 1.11 bits per heavy atom. The Hall–Kier alpha value is -1.67. The van der Waals surface area contributed by atoms with Gasteiger partial charge in [-0.05, 0) is 49.6 Å². The maximum Gasteiger partial charge on any atom is 0.133 e. The van der Waals surface area contributed by atoms with Crippen LogP contribution in [0.5, 0.6) is 0 Å². The lowest BCUT2D eigenvalue weighted by molar-refractivity contribution is 0.585. The average molecular weight is 255 g/mol. The van der Waals surface area contributed by atoms with Crippen molar-refractivity contribution in [2.75, 3.05) is 7.05 Å². The van der Waals surface area contributed by atoms with E-state index in [1.165, 1.54) is 5.56 Å². The van der Waals surface area contributed by atoms with Crippen LogP contribution in [-0.4, -0.2) is 7.05 Å². The lowest BCUT2D eigenvalue weighted by Crippen LogP contribution is -2.24. The molecule has 1 aliphatic rings. The SMILES string of the molecule is CNC1(c2cccc(-c3cccc(C)c3F)c2)CC1. The van der Waals surface area contributed by atoms with E-state index in [2.05, 4.69) is 17.4 Å². The minimum Gasteiger partial charge on any atom is -0.310 e. The van der Waals surface area contributed by atoms with Crippen LogP contribution in [0.3, 0.4) is 0 Å². The summed E-state index contributed by atoms with van der Waals surface area (Å²) in [7, 11) is 1.99. The summed E-state index contributed by atoms with van der Waals surface area (Å²) >= 11 is 0. The zero-order valence-corrected chi connectivity index (χ0v) is 11.3. The summed E-state index contributed by atoms with van der Waals surface area (Å²) in [6, 6.07) is 13.8. The Bertz CT molecular complexity index is 614. The fourth-order valence-corrected chi connectivity index (χ4v) is 2.66. The molecular weight excluding hydrogens is 237 g/mol. The van der Waals surface area contributed by atoms with Crippen molar-refractivity contribution in [3.05, 3.63) is 59.4 Å². The van der Waals surface area contributed by atoms with Gasteiger partial charge >= 0.3 is 0 Å². The number of nitrogens with one attached hydrogen (secondary N) is 1. The van der Waals surface area contributed by atoms with E-state index >= 15 is 0 Å². The van der Waals surface area contributed by atoms with Crippen molar-refractivity contribution >= 4 is 0 Å². The van der Waals surface area contributed by atoms with Crippen LogP contribution in [0, 0.1) is 12.7 Å². The minimum absolute atomic E-state index is 0.117. The van der Waals surface area contributed by atoms with Gasteiger partial charge in [-0.2, -0.15) is 0 Å². The molecule has 0 heterocycles. The molecule has 1 saturated carbocycles. The molecule has 0 spiro atoms. The quantitative estimate of drug-likeness (QED) is 0.873. The first kappa shape index (κ1) is 12.4. The van der Waals surface area contributed by atoms with E-state index in [1.807, 2.05) is 31.3 Å². The average Bonchev–Trinajstić information content (AvgIpc) is 3.23. The second-order valence-corrected chi connectivity index (χ2v) is 5.35. The van der Waals surface area contributed by atoms with Crippen LogP contribution >= 0.6 is 0 Å². The van der Waals surface area contributed by atoms with Gasteiger partial charge in [0.25, 0.3) is 0 Å². The molecule has 0 saturated heterocycles. The maximum absolute atomic E-state index is 14.2. The van der Waals surface area contributed by atoms with Gasteiger partial charge in [-0.1, -0.05) is 36.4 Å². The number of halogens is 1. The lowest BCUT2D eigenvalue weighted by atomic mass is 9.97. The van der Waals surface area contributed by atoms with Gasteiger partial charge in [-0.3, -0.25) is 0 Å². The monoisotopic (exact) mass is 255 g/mol. The molecule has 3 rings (SSSR count). The summed E-state index contributed by atoms with van der Waals surface area (Å²) in [5.41, 5.74) is 3.72. The van der Waals surface area contributed by atoms with Gasteiger partial charge in [0.15, 0.2) is 0 Å². The molecule has 1 N–H and O–H groups in total. The van der Waals surface area contributed by atoms with E-state index in [9.17, 15) is 4.39 Å². The first-order chi connectivity index (χ1) is 9.16. The van der Waals surface area contributed by atoms with Gasteiger partial charge < -0.3 is 5.32 Å². The number of hydrogen-bond acceptors (Lipinski definition) is 1. The third kappa shape index (κ3) is 2.06. The Morgan fingerprint density at radius 2 is 1.84 bits per heavy atom. The van der Waals surface area contributed by atoms with E-state index < -0.39 is 0 Å². The third-order valence-corrected chi connectivity index (χ3v) is 4.15. The van der Waals surface area contributed by atoms with Gasteiger partial charge in [-0.25, -0.2) is 4.39 Å². The van der Waals surface area contributed by atoms with Crippen molar-refractivity contribution < 1.29 is 4.39 Å². The van der Waals surface area contributed by atoms with E-state index in [0.717, 1.165) is 18.4 Å². The molecule has 2 aromatic rings. The Labute approximate surface area is 113 Å². The highest BCUT2D eigenvalue weighted by Gasteiger charge is 2.42. The van der Waals surface area contributed by atoms with E-state index in [1.54, 1.807) is 13.0 Å². The Morgan fingerprint density at radius 3 is 2.53 bits per heavy atom. The fraction of sp³-hybridized carbons (Fsp3) is 0.294. The molecule has 1 aliphatic carbocycles. The van der Waals surface area contributed by atoms with Crippen molar-refractivity contribution in [3.63, 3.8) is 0 Å². The fourth-order valence-electron chi connectivity index (χ4n) is 2.66. The van der Waals surface area contributed by atoms with E-state index in [-0.39, 0.29) is 11.4 Å². The van der Waals surface area contributed by atoms with E-state index in [4.69, 9.17) is 0 Å². The molecule has 2 heteroatoms. The molecule has 1 nitrogen and oxygen atoms in total. The molecule has 2 aromatic carbocycles. The van der Waals surface area contributed by atoms with Crippen molar-refractivity contribution in [1.29, 1.82) is 0 Å². The molecule has 0 aliphatic heterocycles. The largest absolute Gasteiger partial charge is 0.310 e. The molecule has 19 heavy (non-hydrogen) atoms. The Balaban J connectivity index is 2.07. The number of benzene rings is 2. The topological polar surface area (TPSA) is 12.0 Å². The van der Waals surface area contributed by atoms with Crippen molar-refractivity contribution in [2.45, 2.75) is 25.3 Å². The normalized spacial score (nSPS) is 16.4. The number of rotatable bonds is 3. The second kappa shape index (κ2) is 4.46. The van der Waals surface area contributed by atoms with Crippen LogP contribution in [0.25, 0.3) is 11.1 Å². The van der Waals surface area contributed by atoms with Crippen molar-refractivity contribution in [3.8, 4) is 11.1 Å². The smallest absolute Gasteiger partial charge is 0.133 e. The highest BCUT2D eigenvalue weighted by atomic mass is 19.1. The van der Waals surface area contributed by atoms with Crippen LogP contribution in [-0.2, 0) is 5.54 Å².